The summed E-state index contributed by atoms with van der Waals surface area (Å²) in [6.45, 7) is 6.45. The molecule has 2 aliphatic rings. The first-order valence-corrected chi connectivity index (χ1v) is 14.5. The molecule has 0 aliphatic carbocycles. The molecule has 1 atom stereocenters. The molecule has 228 valence electrons. The van der Waals surface area contributed by atoms with Crippen LogP contribution in [0.1, 0.15) is 42.5 Å². The number of hydrogen-bond acceptors (Lipinski definition) is 9. The number of nitrogens with one attached hydrogen (secondary N) is 1. The van der Waals surface area contributed by atoms with Crippen LogP contribution in [0.4, 0.5) is 5.69 Å². The summed E-state index contributed by atoms with van der Waals surface area (Å²) in [4.78, 5) is 42.1. The van der Waals surface area contributed by atoms with Gasteiger partial charge in [0.2, 0.25) is 0 Å². The Hall–Kier alpha value is -4.80. The van der Waals surface area contributed by atoms with Crippen LogP contribution >= 0.6 is 0 Å². The minimum atomic E-state index is -0.898. The van der Waals surface area contributed by atoms with E-state index < -0.39 is 22.8 Å². The second-order valence-corrected chi connectivity index (χ2v) is 10.9. The minimum Gasteiger partial charge on any atom is -0.466 e. The number of nitrogens with zero attached hydrogens (tertiary/aromatic N) is 3. The molecule has 0 bridgehead atoms. The third-order valence-corrected chi connectivity index (χ3v) is 8.18. The smallest absolute Gasteiger partial charge is 0.338 e. The normalized spacial score (nSPS) is 17.8. The van der Waals surface area contributed by atoms with Gasteiger partial charge in [0.25, 0.3) is 5.69 Å². The fraction of sp³-hybridized carbons (Fsp3) is 0.294. The predicted octanol–water partition coefficient (Wildman–Crippen LogP) is 4.91. The number of carbonyl (C=O) groups excluding carboxylic acids is 2. The molecular formula is C34H36N4O6. The van der Waals surface area contributed by atoms with Gasteiger partial charge in [-0.1, -0.05) is 72.8 Å². The molecule has 0 aromatic heterocycles. The Balaban J connectivity index is 1.31. The molecule has 0 saturated carbocycles. The van der Waals surface area contributed by atoms with Crippen LogP contribution < -0.4 is 5.32 Å². The number of allylic oxidation sites excluding steroid dienone is 2. The molecule has 1 unspecified atom stereocenters. The van der Waals surface area contributed by atoms with E-state index in [0.29, 0.717) is 30.0 Å². The average Bonchev–Trinajstić information content (AvgIpc) is 3.04. The Morgan fingerprint density at radius 2 is 1.43 bits per heavy atom. The van der Waals surface area contributed by atoms with E-state index in [0.717, 1.165) is 13.1 Å². The average molecular weight is 597 g/mol. The highest BCUT2D eigenvalue weighted by atomic mass is 16.6. The van der Waals surface area contributed by atoms with Crippen LogP contribution in [-0.2, 0) is 19.1 Å². The number of non-ortho nitro benzene ring substituents is 1. The number of benzene rings is 3. The van der Waals surface area contributed by atoms with Crippen LogP contribution in [0.2, 0.25) is 0 Å². The summed E-state index contributed by atoms with van der Waals surface area (Å²) in [6.07, 6.45) is 0. The Morgan fingerprint density at radius 1 is 0.864 bits per heavy atom. The predicted molar refractivity (Wildman–Crippen MR) is 165 cm³/mol. The van der Waals surface area contributed by atoms with Gasteiger partial charge in [0.05, 0.1) is 35.1 Å². The number of dihydropyridines is 1. The van der Waals surface area contributed by atoms with Gasteiger partial charge in [-0.2, -0.15) is 0 Å². The largest absolute Gasteiger partial charge is 0.466 e. The molecule has 0 spiro atoms. The first kappa shape index (κ1) is 30.7. The van der Waals surface area contributed by atoms with E-state index in [4.69, 9.17) is 9.47 Å². The summed E-state index contributed by atoms with van der Waals surface area (Å²) in [5.74, 6) is -2.13. The SMILES string of the molecule is COC(=O)C1=C(C)NC(C)=C(C(=O)OCN2CCN(C(c3ccccc3)c3ccccc3)CC2)C1c1cccc([N+](=O)[O-])c1. The number of carbonyl (C=O) groups is 2. The Bertz CT molecular complexity index is 1540. The molecule has 1 N–H and O–H groups in total. The molecule has 5 rings (SSSR count). The number of nitro benzene ring substituents is 1. The van der Waals surface area contributed by atoms with Crippen molar-refractivity contribution in [1.29, 1.82) is 0 Å². The van der Waals surface area contributed by atoms with Crippen LogP contribution in [-0.4, -0.2) is 66.7 Å². The van der Waals surface area contributed by atoms with Crippen molar-refractivity contribution in [2.75, 3.05) is 40.0 Å². The van der Waals surface area contributed by atoms with Crippen molar-refractivity contribution >= 4 is 17.6 Å². The summed E-state index contributed by atoms with van der Waals surface area (Å²) in [7, 11) is 1.26. The maximum Gasteiger partial charge on any atom is 0.338 e. The molecular weight excluding hydrogens is 560 g/mol. The van der Waals surface area contributed by atoms with Gasteiger partial charge in [0.15, 0.2) is 0 Å². The molecule has 3 aromatic rings. The van der Waals surface area contributed by atoms with Gasteiger partial charge < -0.3 is 14.8 Å². The maximum absolute atomic E-state index is 13.7. The summed E-state index contributed by atoms with van der Waals surface area (Å²) in [5, 5.41) is 14.6. The Kier molecular flexibility index (Phi) is 9.52. The Morgan fingerprint density at radius 3 is 1.98 bits per heavy atom. The van der Waals surface area contributed by atoms with E-state index in [9.17, 15) is 19.7 Å². The zero-order valence-corrected chi connectivity index (χ0v) is 25.1. The zero-order chi connectivity index (χ0) is 31.2. The van der Waals surface area contributed by atoms with Gasteiger partial charge in [0.1, 0.15) is 6.73 Å². The molecule has 1 fully saturated rings. The Labute approximate surface area is 256 Å². The number of piperazine rings is 1. The minimum absolute atomic E-state index is 0.0721. The second kappa shape index (κ2) is 13.7. The van der Waals surface area contributed by atoms with Crippen LogP contribution in [0.25, 0.3) is 0 Å². The number of ether oxygens (including phenoxy) is 2. The van der Waals surface area contributed by atoms with E-state index in [1.54, 1.807) is 19.9 Å². The number of methoxy groups -OCH3 is 1. The third-order valence-electron chi connectivity index (χ3n) is 8.18. The summed E-state index contributed by atoms with van der Waals surface area (Å²) >= 11 is 0. The maximum atomic E-state index is 13.7. The molecule has 3 aromatic carbocycles. The van der Waals surface area contributed by atoms with E-state index in [-0.39, 0.29) is 29.6 Å². The number of nitro groups is 1. The van der Waals surface area contributed by atoms with Crippen molar-refractivity contribution in [2.45, 2.75) is 25.8 Å². The van der Waals surface area contributed by atoms with Crippen LogP contribution in [0.3, 0.4) is 0 Å². The van der Waals surface area contributed by atoms with E-state index in [1.807, 2.05) is 12.1 Å². The summed E-state index contributed by atoms with van der Waals surface area (Å²) < 4.78 is 10.9. The van der Waals surface area contributed by atoms with Crippen molar-refractivity contribution in [2.24, 2.45) is 0 Å². The van der Waals surface area contributed by atoms with E-state index in [1.165, 1.54) is 36.4 Å². The number of rotatable bonds is 9. The van der Waals surface area contributed by atoms with Crippen molar-refractivity contribution < 1.29 is 24.0 Å². The summed E-state index contributed by atoms with van der Waals surface area (Å²) in [5.41, 5.74) is 4.16. The summed E-state index contributed by atoms with van der Waals surface area (Å²) in [6, 6.07) is 26.9. The van der Waals surface area contributed by atoms with Gasteiger partial charge in [-0.15, -0.1) is 0 Å². The van der Waals surface area contributed by atoms with Crippen LogP contribution in [0.5, 0.6) is 0 Å². The number of esters is 2. The van der Waals surface area contributed by atoms with Crippen molar-refractivity contribution in [1.82, 2.24) is 15.1 Å². The van der Waals surface area contributed by atoms with Gasteiger partial charge in [0, 0.05) is 49.7 Å². The molecule has 0 amide bonds. The molecule has 10 heteroatoms. The lowest BCUT2D eigenvalue weighted by atomic mass is 9.80. The van der Waals surface area contributed by atoms with Gasteiger partial charge in [-0.25, -0.2) is 9.59 Å². The first-order chi connectivity index (χ1) is 21.3. The molecule has 0 radical (unpaired) electrons. The van der Waals surface area contributed by atoms with Crippen LogP contribution in [0.15, 0.2) is 107 Å². The lowest BCUT2D eigenvalue weighted by molar-refractivity contribution is -0.384. The van der Waals surface area contributed by atoms with Gasteiger partial charge in [-0.3, -0.25) is 19.9 Å². The third kappa shape index (κ3) is 6.56. The molecule has 1 saturated heterocycles. The highest BCUT2D eigenvalue weighted by Gasteiger charge is 2.38. The van der Waals surface area contributed by atoms with E-state index >= 15 is 0 Å². The van der Waals surface area contributed by atoms with Crippen LogP contribution in [0, 0.1) is 10.1 Å². The second-order valence-electron chi connectivity index (χ2n) is 10.9. The lowest BCUT2D eigenvalue weighted by Gasteiger charge is -2.39. The van der Waals surface area contributed by atoms with Gasteiger partial charge in [-0.05, 0) is 30.5 Å². The highest BCUT2D eigenvalue weighted by Crippen LogP contribution is 2.40. The topological polar surface area (TPSA) is 114 Å². The number of hydrogen-bond donors (Lipinski definition) is 1. The van der Waals surface area contributed by atoms with Crippen molar-refractivity contribution in [3.8, 4) is 0 Å². The fourth-order valence-corrected chi connectivity index (χ4v) is 6.06. The highest BCUT2D eigenvalue weighted by molar-refractivity contribution is 5.99. The monoisotopic (exact) mass is 596 g/mol. The molecule has 10 nitrogen and oxygen atoms in total. The zero-order valence-electron chi connectivity index (χ0n) is 25.1. The molecule has 2 aliphatic heterocycles. The molecule has 2 heterocycles. The fourth-order valence-electron chi connectivity index (χ4n) is 6.06. The van der Waals surface area contributed by atoms with Crippen molar-refractivity contribution in [3.05, 3.63) is 134 Å². The first-order valence-electron chi connectivity index (χ1n) is 14.5. The van der Waals surface area contributed by atoms with Crippen molar-refractivity contribution in [3.63, 3.8) is 0 Å². The van der Waals surface area contributed by atoms with E-state index in [2.05, 4.69) is 63.6 Å². The molecule has 44 heavy (non-hydrogen) atoms. The standard InChI is InChI=1S/C34H36N4O6/c1-23-29(33(39)43-3)31(27-15-10-16-28(21-27)38(41)42)30(24(2)35-23)34(40)44-22-36-17-19-37(20-18-36)32(25-11-6-4-7-12-25)26-13-8-5-9-14-26/h4-16,21,31-32,35H,17-20,22H2,1-3H3. The van der Waals surface area contributed by atoms with Gasteiger partial charge >= 0.3 is 11.9 Å². The lowest BCUT2D eigenvalue weighted by Crippen LogP contribution is -2.48. The quantitative estimate of drug-likeness (QED) is 0.209.